The first-order valence-corrected chi connectivity index (χ1v) is 6.95. The number of hydrogen-bond acceptors (Lipinski definition) is 6. The summed E-state index contributed by atoms with van der Waals surface area (Å²) in [4.78, 5) is 25.4. The molecule has 2 N–H and O–H groups in total. The fourth-order valence-electron chi connectivity index (χ4n) is 1.71. The van der Waals surface area contributed by atoms with E-state index in [-0.39, 0.29) is 11.5 Å². The number of aromatic nitrogens is 1. The summed E-state index contributed by atoms with van der Waals surface area (Å²) >= 11 is 3.21. The Morgan fingerprint density at radius 3 is 2.86 bits per heavy atom. The van der Waals surface area contributed by atoms with Gasteiger partial charge in [-0.05, 0) is 35.7 Å². The number of ether oxygens (including phenoxy) is 1. The molecule has 1 aromatic heterocycles. The lowest BCUT2D eigenvalue weighted by molar-refractivity contribution is -0.385. The standard InChI is InChI=1S/C12H16BrN3O5/c1-7-9(16(19)20)6-14-11(10(7)13)15-8(12(17)18)4-3-5-21-2/h6,8H,3-5H2,1-2H3,(H,14,15)(H,17,18). The highest BCUT2D eigenvalue weighted by molar-refractivity contribution is 9.10. The van der Waals surface area contributed by atoms with Gasteiger partial charge in [-0.1, -0.05) is 0 Å². The lowest BCUT2D eigenvalue weighted by Gasteiger charge is -2.16. The first kappa shape index (κ1) is 17.3. The van der Waals surface area contributed by atoms with Crippen molar-refractivity contribution in [1.82, 2.24) is 4.98 Å². The number of anilines is 1. The Balaban J connectivity index is 2.92. The largest absolute Gasteiger partial charge is 0.480 e. The summed E-state index contributed by atoms with van der Waals surface area (Å²) < 4.78 is 5.27. The lowest BCUT2D eigenvalue weighted by atomic mass is 10.1. The van der Waals surface area contributed by atoms with Crippen LogP contribution in [0.4, 0.5) is 11.5 Å². The van der Waals surface area contributed by atoms with E-state index in [0.717, 1.165) is 6.20 Å². The Kier molecular flexibility index (Phi) is 6.50. The molecule has 0 aromatic carbocycles. The number of halogens is 1. The second-order valence-corrected chi connectivity index (χ2v) is 5.15. The SMILES string of the molecule is COCCCC(Nc1ncc([N+](=O)[O-])c(C)c1Br)C(=O)O. The van der Waals surface area contributed by atoms with Crippen molar-refractivity contribution in [2.75, 3.05) is 19.0 Å². The Bertz CT molecular complexity index is 538. The van der Waals surface area contributed by atoms with Crippen LogP contribution in [0.3, 0.4) is 0 Å². The van der Waals surface area contributed by atoms with Crippen LogP contribution in [0.25, 0.3) is 0 Å². The summed E-state index contributed by atoms with van der Waals surface area (Å²) in [6, 6.07) is -0.843. The van der Waals surface area contributed by atoms with E-state index in [4.69, 9.17) is 4.74 Å². The molecule has 1 aromatic rings. The van der Waals surface area contributed by atoms with Gasteiger partial charge >= 0.3 is 5.97 Å². The number of hydrogen-bond donors (Lipinski definition) is 2. The zero-order valence-electron chi connectivity index (χ0n) is 11.6. The Morgan fingerprint density at radius 2 is 2.33 bits per heavy atom. The van der Waals surface area contributed by atoms with E-state index in [2.05, 4.69) is 26.2 Å². The molecule has 0 aliphatic carbocycles. The van der Waals surface area contributed by atoms with Crippen molar-refractivity contribution in [2.24, 2.45) is 0 Å². The summed E-state index contributed by atoms with van der Waals surface area (Å²) in [7, 11) is 1.54. The van der Waals surface area contributed by atoms with E-state index in [1.165, 1.54) is 0 Å². The number of nitrogens with zero attached hydrogens (tertiary/aromatic N) is 2. The van der Waals surface area contributed by atoms with Gasteiger partial charge in [0, 0.05) is 19.3 Å². The lowest BCUT2D eigenvalue weighted by Crippen LogP contribution is -2.30. The molecule has 1 atom stereocenters. The fourth-order valence-corrected chi connectivity index (χ4v) is 2.13. The zero-order valence-corrected chi connectivity index (χ0v) is 13.2. The number of nitrogens with one attached hydrogen (secondary N) is 1. The summed E-state index contributed by atoms with van der Waals surface area (Å²) in [5.41, 5.74) is 0.261. The van der Waals surface area contributed by atoms with Crippen molar-refractivity contribution in [2.45, 2.75) is 25.8 Å². The highest BCUT2D eigenvalue weighted by Crippen LogP contribution is 2.31. The third-order valence-corrected chi connectivity index (χ3v) is 3.85. The van der Waals surface area contributed by atoms with Crippen molar-refractivity contribution < 1.29 is 19.6 Å². The van der Waals surface area contributed by atoms with Gasteiger partial charge < -0.3 is 15.2 Å². The molecule has 0 saturated carbocycles. The van der Waals surface area contributed by atoms with Crippen molar-refractivity contribution in [1.29, 1.82) is 0 Å². The number of rotatable bonds is 8. The van der Waals surface area contributed by atoms with Crippen LogP contribution in [0.1, 0.15) is 18.4 Å². The maximum Gasteiger partial charge on any atom is 0.326 e. The maximum atomic E-state index is 11.2. The van der Waals surface area contributed by atoms with Gasteiger partial charge in [0.25, 0.3) is 5.69 Å². The van der Waals surface area contributed by atoms with Crippen LogP contribution in [0.15, 0.2) is 10.7 Å². The van der Waals surface area contributed by atoms with Crippen LogP contribution in [0, 0.1) is 17.0 Å². The van der Waals surface area contributed by atoms with Crippen LogP contribution in [-0.4, -0.2) is 40.7 Å². The molecule has 1 rings (SSSR count). The van der Waals surface area contributed by atoms with Crippen molar-refractivity contribution >= 4 is 33.4 Å². The number of methoxy groups -OCH3 is 1. The monoisotopic (exact) mass is 361 g/mol. The van der Waals surface area contributed by atoms with E-state index in [1.807, 2.05) is 0 Å². The van der Waals surface area contributed by atoms with Gasteiger partial charge in [-0.2, -0.15) is 0 Å². The van der Waals surface area contributed by atoms with Gasteiger partial charge in [0.2, 0.25) is 0 Å². The predicted molar refractivity (Wildman–Crippen MR) is 79.5 cm³/mol. The van der Waals surface area contributed by atoms with Crippen LogP contribution >= 0.6 is 15.9 Å². The number of carboxylic acid groups (broad SMARTS) is 1. The Morgan fingerprint density at radius 1 is 1.67 bits per heavy atom. The molecule has 9 heteroatoms. The molecule has 1 unspecified atom stereocenters. The van der Waals surface area contributed by atoms with Gasteiger partial charge in [-0.15, -0.1) is 0 Å². The van der Waals surface area contributed by atoms with Crippen molar-refractivity contribution in [3.8, 4) is 0 Å². The van der Waals surface area contributed by atoms with Gasteiger partial charge in [0.1, 0.15) is 18.1 Å². The van der Waals surface area contributed by atoms with Gasteiger partial charge in [-0.3, -0.25) is 10.1 Å². The van der Waals surface area contributed by atoms with E-state index >= 15 is 0 Å². The van der Waals surface area contributed by atoms with Gasteiger partial charge in [0.05, 0.1) is 9.40 Å². The Hall–Kier alpha value is -1.74. The second-order valence-electron chi connectivity index (χ2n) is 4.36. The average molecular weight is 362 g/mol. The first-order chi connectivity index (χ1) is 9.88. The summed E-state index contributed by atoms with van der Waals surface area (Å²) in [5.74, 6) is -0.751. The summed E-state index contributed by atoms with van der Waals surface area (Å²) in [6.45, 7) is 2.02. The summed E-state index contributed by atoms with van der Waals surface area (Å²) in [5, 5.41) is 22.8. The van der Waals surface area contributed by atoms with E-state index in [1.54, 1.807) is 14.0 Å². The van der Waals surface area contributed by atoms with Crippen LogP contribution in [-0.2, 0) is 9.53 Å². The maximum absolute atomic E-state index is 11.2. The minimum absolute atomic E-state index is 0.126. The molecule has 0 saturated heterocycles. The Labute approximate surface area is 129 Å². The first-order valence-electron chi connectivity index (χ1n) is 6.16. The van der Waals surface area contributed by atoms with Crippen molar-refractivity contribution in [3.63, 3.8) is 0 Å². The van der Waals surface area contributed by atoms with Gasteiger partial charge in [-0.25, -0.2) is 9.78 Å². The molecule has 0 fully saturated rings. The highest BCUT2D eigenvalue weighted by atomic mass is 79.9. The van der Waals surface area contributed by atoms with Crippen molar-refractivity contribution in [3.05, 3.63) is 26.3 Å². The summed E-state index contributed by atoms with van der Waals surface area (Å²) in [6.07, 6.45) is 2.04. The normalized spacial score (nSPS) is 12.0. The number of aliphatic carboxylic acids is 1. The molecular formula is C12H16BrN3O5. The van der Waals surface area contributed by atoms with E-state index < -0.39 is 16.9 Å². The van der Waals surface area contributed by atoms with Crippen LogP contribution < -0.4 is 5.32 Å². The molecule has 0 radical (unpaired) electrons. The van der Waals surface area contributed by atoms with E-state index in [0.29, 0.717) is 29.5 Å². The number of pyridine rings is 1. The highest BCUT2D eigenvalue weighted by Gasteiger charge is 2.22. The topological polar surface area (TPSA) is 115 Å². The average Bonchev–Trinajstić information content (AvgIpc) is 2.42. The predicted octanol–water partition coefficient (Wildman–Crippen LogP) is 2.35. The molecule has 0 aliphatic rings. The molecule has 0 bridgehead atoms. The smallest absolute Gasteiger partial charge is 0.326 e. The van der Waals surface area contributed by atoms with Gasteiger partial charge in [0.15, 0.2) is 0 Å². The van der Waals surface area contributed by atoms with Crippen LogP contribution in [0.2, 0.25) is 0 Å². The molecule has 0 amide bonds. The number of nitro groups is 1. The quantitative estimate of drug-likeness (QED) is 0.414. The molecule has 21 heavy (non-hydrogen) atoms. The number of carboxylic acids is 1. The zero-order chi connectivity index (χ0) is 16.0. The third kappa shape index (κ3) is 4.64. The minimum Gasteiger partial charge on any atom is -0.480 e. The molecule has 8 nitrogen and oxygen atoms in total. The fraction of sp³-hybridized carbons (Fsp3) is 0.500. The second kappa shape index (κ2) is 7.89. The third-order valence-electron chi connectivity index (χ3n) is 2.88. The van der Waals surface area contributed by atoms with Crippen LogP contribution in [0.5, 0.6) is 0 Å². The molecule has 0 aliphatic heterocycles. The molecule has 0 spiro atoms. The number of carbonyl (C=O) groups is 1. The molecule has 116 valence electrons. The molecule has 1 heterocycles. The van der Waals surface area contributed by atoms with E-state index in [9.17, 15) is 20.0 Å². The minimum atomic E-state index is -1.02. The molecular weight excluding hydrogens is 346 g/mol.